The van der Waals surface area contributed by atoms with Crippen LogP contribution in [0.4, 0.5) is 5.69 Å². The van der Waals surface area contributed by atoms with Crippen LogP contribution in [0.2, 0.25) is 0 Å². The van der Waals surface area contributed by atoms with Crippen molar-refractivity contribution in [2.45, 2.75) is 17.3 Å². The number of carbonyl (C=O) groups is 1. The third-order valence-electron chi connectivity index (χ3n) is 4.78. The fourth-order valence-electron chi connectivity index (χ4n) is 3.27. The van der Waals surface area contributed by atoms with Gasteiger partial charge in [0.05, 0.1) is 10.9 Å². The van der Waals surface area contributed by atoms with Gasteiger partial charge in [-0.25, -0.2) is 0 Å². The Morgan fingerprint density at radius 1 is 0.929 bits per heavy atom. The van der Waals surface area contributed by atoms with Crippen molar-refractivity contribution in [3.8, 4) is 5.69 Å². The number of aromatic nitrogens is 4. The highest BCUT2D eigenvalue weighted by Crippen LogP contribution is 2.25. The lowest BCUT2D eigenvalue weighted by Gasteiger charge is -2.37. The number of anilines is 1. The van der Waals surface area contributed by atoms with Crippen LogP contribution >= 0.6 is 11.8 Å². The number of tetrazole rings is 1. The van der Waals surface area contributed by atoms with Gasteiger partial charge < -0.3 is 9.80 Å². The van der Waals surface area contributed by atoms with Crippen LogP contribution in [0.3, 0.4) is 0 Å². The van der Waals surface area contributed by atoms with Gasteiger partial charge in [-0.3, -0.25) is 4.79 Å². The molecule has 0 spiro atoms. The molecular formula is C20H22N6OS. The average molecular weight is 395 g/mol. The molecule has 2 aromatic carbocycles. The zero-order valence-corrected chi connectivity index (χ0v) is 16.5. The molecule has 1 unspecified atom stereocenters. The summed E-state index contributed by atoms with van der Waals surface area (Å²) in [7, 11) is 0. The summed E-state index contributed by atoms with van der Waals surface area (Å²) in [5, 5.41) is 12.3. The van der Waals surface area contributed by atoms with Crippen molar-refractivity contribution in [2.24, 2.45) is 0 Å². The number of para-hydroxylation sites is 2. The van der Waals surface area contributed by atoms with Gasteiger partial charge in [-0.15, -0.1) is 5.10 Å². The SMILES string of the molecule is CC(Sc1nnnn1-c1ccccc1)C(=O)N1CCN(c2ccccc2)CC1. The van der Waals surface area contributed by atoms with E-state index >= 15 is 0 Å². The quantitative estimate of drug-likeness (QED) is 0.620. The van der Waals surface area contributed by atoms with Gasteiger partial charge in [0.25, 0.3) is 0 Å². The van der Waals surface area contributed by atoms with Gasteiger partial charge in [-0.1, -0.05) is 48.2 Å². The van der Waals surface area contributed by atoms with Crippen LogP contribution in [0.1, 0.15) is 6.92 Å². The van der Waals surface area contributed by atoms with Crippen molar-refractivity contribution in [3.63, 3.8) is 0 Å². The van der Waals surface area contributed by atoms with Crippen LogP contribution < -0.4 is 4.90 Å². The molecule has 1 aliphatic rings. The molecule has 144 valence electrons. The van der Waals surface area contributed by atoms with E-state index in [0.29, 0.717) is 5.16 Å². The summed E-state index contributed by atoms with van der Waals surface area (Å²) in [5.41, 5.74) is 2.09. The number of hydrogen-bond donors (Lipinski definition) is 0. The summed E-state index contributed by atoms with van der Waals surface area (Å²) in [6, 6.07) is 20.0. The lowest BCUT2D eigenvalue weighted by Crippen LogP contribution is -2.50. The highest BCUT2D eigenvalue weighted by molar-refractivity contribution is 8.00. The first-order chi connectivity index (χ1) is 13.7. The first-order valence-corrected chi connectivity index (χ1v) is 10.2. The van der Waals surface area contributed by atoms with Gasteiger partial charge in [-0.2, -0.15) is 4.68 Å². The van der Waals surface area contributed by atoms with Crippen LogP contribution in [0.25, 0.3) is 5.69 Å². The number of amides is 1. The van der Waals surface area contributed by atoms with E-state index in [0.717, 1.165) is 31.9 Å². The Hall–Kier alpha value is -2.87. The second-order valence-corrected chi connectivity index (χ2v) is 7.92. The summed E-state index contributed by atoms with van der Waals surface area (Å²) < 4.78 is 1.67. The summed E-state index contributed by atoms with van der Waals surface area (Å²) >= 11 is 1.39. The zero-order chi connectivity index (χ0) is 19.3. The zero-order valence-electron chi connectivity index (χ0n) is 15.7. The molecule has 1 fully saturated rings. The van der Waals surface area contributed by atoms with Gasteiger partial charge in [-0.05, 0) is 41.6 Å². The van der Waals surface area contributed by atoms with Crippen molar-refractivity contribution in [2.75, 3.05) is 31.1 Å². The molecule has 3 aromatic rings. The molecule has 0 bridgehead atoms. The molecule has 1 aliphatic heterocycles. The molecule has 1 amide bonds. The maximum atomic E-state index is 12.9. The molecule has 1 aromatic heterocycles. The fraction of sp³-hybridized carbons (Fsp3) is 0.300. The molecule has 28 heavy (non-hydrogen) atoms. The molecule has 1 saturated heterocycles. The summed E-state index contributed by atoms with van der Waals surface area (Å²) in [6.45, 7) is 5.05. The Bertz CT molecular complexity index is 909. The van der Waals surface area contributed by atoms with E-state index in [-0.39, 0.29) is 11.2 Å². The van der Waals surface area contributed by atoms with Crippen LogP contribution in [0, 0.1) is 0 Å². The molecule has 0 radical (unpaired) electrons. The molecule has 8 heteroatoms. The standard InChI is InChI=1S/C20H22N6OS/c1-16(28-20-21-22-23-26(20)18-10-6-3-7-11-18)19(27)25-14-12-24(13-15-25)17-8-4-2-5-9-17/h2-11,16H,12-15H2,1H3. The van der Waals surface area contributed by atoms with Gasteiger partial charge in [0, 0.05) is 31.9 Å². The third-order valence-corrected chi connectivity index (χ3v) is 5.80. The molecule has 2 heterocycles. The highest BCUT2D eigenvalue weighted by Gasteiger charge is 2.27. The van der Waals surface area contributed by atoms with Gasteiger partial charge in [0.15, 0.2) is 0 Å². The Labute approximate surface area is 168 Å². The lowest BCUT2D eigenvalue weighted by molar-refractivity contribution is -0.130. The van der Waals surface area contributed by atoms with Crippen molar-refractivity contribution in [3.05, 3.63) is 60.7 Å². The maximum absolute atomic E-state index is 12.9. The predicted octanol–water partition coefficient (Wildman–Crippen LogP) is 2.49. The first kappa shape index (κ1) is 18.5. The van der Waals surface area contributed by atoms with E-state index in [4.69, 9.17) is 0 Å². The van der Waals surface area contributed by atoms with Gasteiger partial charge in [0.2, 0.25) is 11.1 Å². The molecule has 1 atom stereocenters. The smallest absolute Gasteiger partial charge is 0.236 e. The number of carbonyl (C=O) groups excluding carboxylic acids is 1. The Balaban J connectivity index is 1.37. The minimum absolute atomic E-state index is 0.125. The van der Waals surface area contributed by atoms with E-state index in [1.807, 2.05) is 60.4 Å². The molecule has 7 nitrogen and oxygen atoms in total. The number of nitrogens with zero attached hydrogens (tertiary/aromatic N) is 6. The van der Waals surface area contributed by atoms with Crippen molar-refractivity contribution < 1.29 is 4.79 Å². The number of hydrogen-bond acceptors (Lipinski definition) is 6. The summed E-state index contributed by atoms with van der Waals surface area (Å²) in [6.07, 6.45) is 0. The summed E-state index contributed by atoms with van der Waals surface area (Å²) in [4.78, 5) is 17.2. The average Bonchev–Trinajstić information content (AvgIpc) is 3.22. The normalized spacial score (nSPS) is 15.5. The molecule has 0 aliphatic carbocycles. The van der Waals surface area contributed by atoms with E-state index in [1.165, 1.54) is 17.4 Å². The summed E-state index contributed by atoms with van der Waals surface area (Å²) in [5.74, 6) is 0.125. The fourth-order valence-corrected chi connectivity index (χ4v) is 4.16. The van der Waals surface area contributed by atoms with Crippen molar-refractivity contribution in [1.29, 1.82) is 0 Å². The maximum Gasteiger partial charge on any atom is 0.236 e. The molecule has 4 rings (SSSR count). The molecular weight excluding hydrogens is 372 g/mol. The highest BCUT2D eigenvalue weighted by atomic mass is 32.2. The minimum Gasteiger partial charge on any atom is -0.368 e. The lowest BCUT2D eigenvalue weighted by atomic mass is 10.2. The largest absolute Gasteiger partial charge is 0.368 e. The van der Waals surface area contributed by atoms with Gasteiger partial charge >= 0.3 is 0 Å². The van der Waals surface area contributed by atoms with Crippen LogP contribution in [0.15, 0.2) is 65.8 Å². The predicted molar refractivity (Wildman–Crippen MR) is 110 cm³/mol. The van der Waals surface area contributed by atoms with E-state index in [9.17, 15) is 4.79 Å². The van der Waals surface area contributed by atoms with Crippen molar-refractivity contribution in [1.82, 2.24) is 25.1 Å². The number of piperazine rings is 1. The Morgan fingerprint density at radius 2 is 1.54 bits per heavy atom. The molecule has 0 N–H and O–H groups in total. The Kier molecular flexibility index (Phi) is 5.57. The third kappa shape index (κ3) is 4.01. The minimum atomic E-state index is -0.253. The van der Waals surface area contributed by atoms with Crippen LogP contribution in [-0.2, 0) is 4.79 Å². The number of thioether (sulfide) groups is 1. The van der Waals surface area contributed by atoms with Crippen molar-refractivity contribution >= 4 is 23.4 Å². The second-order valence-electron chi connectivity index (χ2n) is 6.62. The molecule has 0 saturated carbocycles. The Morgan fingerprint density at radius 3 is 2.18 bits per heavy atom. The number of benzene rings is 2. The van der Waals surface area contributed by atoms with E-state index < -0.39 is 0 Å². The van der Waals surface area contributed by atoms with Gasteiger partial charge in [0.1, 0.15) is 0 Å². The van der Waals surface area contributed by atoms with Crippen LogP contribution in [-0.4, -0.2) is 62.4 Å². The monoisotopic (exact) mass is 394 g/mol. The number of rotatable bonds is 5. The van der Waals surface area contributed by atoms with Crippen LogP contribution in [0.5, 0.6) is 0 Å². The van der Waals surface area contributed by atoms with E-state index in [1.54, 1.807) is 4.68 Å². The van der Waals surface area contributed by atoms with E-state index in [2.05, 4.69) is 32.6 Å². The first-order valence-electron chi connectivity index (χ1n) is 9.31. The second kappa shape index (κ2) is 8.43. The topological polar surface area (TPSA) is 67.2 Å².